The third-order valence-electron chi connectivity index (χ3n) is 5.01. The molecule has 2 aromatic rings. The number of benzene rings is 2. The van der Waals surface area contributed by atoms with Crippen LogP contribution in [0.1, 0.15) is 42.6 Å². The summed E-state index contributed by atoms with van der Waals surface area (Å²) in [4.78, 5) is 25.1. The van der Waals surface area contributed by atoms with E-state index in [0.29, 0.717) is 10.6 Å². The Morgan fingerprint density at radius 2 is 1.65 bits per heavy atom. The first-order valence-electron chi connectivity index (χ1n) is 10.2. The van der Waals surface area contributed by atoms with E-state index in [9.17, 15) is 19.9 Å². The predicted octanol–water partition coefficient (Wildman–Crippen LogP) is 2.68. The van der Waals surface area contributed by atoms with Crippen LogP contribution in [0, 0.1) is 0 Å². The smallest absolute Gasteiger partial charge is 0.251 e. The highest BCUT2D eigenvalue weighted by Gasteiger charge is 2.25. The van der Waals surface area contributed by atoms with Crippen molar-refractivity contribution in [1.82, 2.24) is 10.4 Å². The van der Waals surface area contributed by atoms with Crippen molar-refractivity contribution >= 4 is 29.0 Å². The van der Waals surface area contributed by atoms with Gasteiger partial charge in [0.15, 0.2) is 10.9 Å². The van der Waals surface area contributed by atoms with Crippen LogP contribution in [0.2, 0.25) is 0 Å². The number of aliphatic hydroxyl groups is 1. The first kappa shape index (κ1) is 24.5. The Balaban J connectivity index is 1.99. The summed E-state index contributed by atoms with van der Waals surface area (Å²) in [6, 6.07) is 14.3. The maximum Gasteiger partial charge on any atom is 0.251 e. The summed E-state index contributed by atoms with van der Waals surface area (Å²) in [5, 5.41) is 22.5. The van der Waals surface area contributed by atoms with E-state index in [4.69, 9.17) is 5.73 Å². The average molecular weight is 444 g/mol. The molecule has 0 heterocycles. The zero-order valence-corrected chi connectivity index (χ0v) is 18.6. The second-order valence-corrected chi connectivity index (χ2v) is 7.77. The van der Waals surface area contributed by atoms with Crippen LogP contribution in [-0.2, 0) is 11.2 Å². The monoisotopic (exact) mass is 443 g/mol. The second-order valence-electron chi connectivity index (χ2n) is 7.35. The van der Waals surface area contributed by atoms with Crippen molar-refractivity contribution in [2.24, 2.45) is 5.73 Å². The minimum absolute atomic E-state index is 0.0439. The number of hydrogen-bond donors (Lipinski definition) is 4. The van der Waals surface area contributed by atoms with Gasteiger partial charge in [-0.3, -0.25) is 14.8 Å². The van der Waals surface area contributed by atoms with E-state index in [0.717, 1.165) is 17.5 Å². The average Bonchev–Trinajstić information content (AvgIpc) is 2.76. The van der Waals surface area contributed by atoms with Gasteiger partial charge in [-0.15, -0.1) is 0 Å². The summed E-state index contributed by atoms with van der Waals surface area (Å²) in [6.07, 6.45) is 0.231. The van der Waals surface area contributed by atoms with Crippen LogP contribution in [-0.4, -0.2) is 50.9 Å². The summed E-state index contributed by atoms with van der Waals surface area (Å²) in [6.45, 7) is 3.63. The summed E-state index contributed by atoms with van der Waals surface area (Å²) in [5.74, 6) is -0.786. The fourth-order valence-corrected chi connectivity index (χ4v) is 3.20. The van der Waals surface area contributed by atoms with Crippen molar-refractivity contribution < 1.29 is 19.9 Å². The molecule has 2 atom stereocenters. The number of aryl methyl sites for hydroxylation is 1. The highest BCUT2D eigenvalue weighted by atomic mass is 32.1. The molecular weight excluding hydrogens is 414 g/mol. The molecule has 8 heteroatoms. The zero-order chi connectivity index (χ0) is 23.0. The molecule has 7 nitrogen and oxygen atoms in total. The van der Waals surface area contributed by atoms with Crippen LogP contribution in [0.25, 0.3) is 11.1 Å². The third-order valence-corrected chi connectivity index (χ3v) is 5.22. The van der Waals surface area contributed by atoms with Gasteiger partial charge in [-0.2, -0.15) is 0 Å². The van der Waals surface area contributed by atoms with E-state index in [-0.39, 0.29) is 30.3 Å². The van der Waals surface area contributed by atoms with Crippen LogP contribution in [0.4, 0.5) is 0 Å². The Morgan fingerprint density at radius 3 is 2.13 bits per heavy atom. The van der Waals surface area contributed by atoms with E-state index in [2.05, 4.69) is 36.6 Å². The number of carbonyl (C=O) groups is 2. The van der Waals surface area contributed by atoms with E-state index >= 15 is 0 Å². The van der Waals surface area contributed by atoms with Gasteiger partial charge < -0.3 is 16.2 Å². The van der Waals surface area contributed by atoms with Gasteiger partial charge >= 0.3 is 0 Å². The number of carbonyl (C=O) groups excluding carboxylic acids is 2. The number of thiocarbonyl (C=S) groups is 1. The standard InChI is InChI=1S/C23H29N3O4S/c1-3-16-6-8-17(9-7-16)18-10-12-19(13-11-18)22(29)25-21(15(2)27)20(28)5-4-14-26(30)23(24)31/h6-13,15,21,27,30H,3-5,14H2,1-2H3,(H2,24,31)(H,25,29)/t15-,21+/m1/s1. The molecule has 0 aliphatic rings. The lowest BCUT2D eigenvalue weighted by molar-refractivity contribution is -0.123. The molecule has 31 heavy (non-hydrogen) atoms. The van der Waals surface area contributed by atoms with Crippen LogP contribution < -0.4 is 11.1 Å². The molecule has 0 aliphatic carbocycles. The summed E-state index contributed by atoms with van der Waals surface area (Å²) < 4.78 is 0. The van der Waals surface area contributed by atoms with Gasteiger partial charge in [-0.25, -0.2) is 5.06 Å². The molecule has 0 unspecified atom stereocenters. The Kier molecular flexibility index (Phi) is 9.11. The number of nitrogens with zero attached hydrogens (tertiary/aromatic N) is 1. The number of ketones is 1. The van der Waals surface area contributed by atoms with Gasteiger partial charge in [0, 0.05) is 18.5 Å². The summed E-state index contributed by atoms with van der Waals surface area (Å²) in [7, 11) is 0. The molecule has 2 aromatic carbocycles. The third kappa shape index (κ3) is 7.13. The molecule has 5 N–H and O–H groups in total. The summed E-state index contributed by atoms with van der Waals surface area (Å²) in [5.41, 5.74) is 8.96. The van der Waals surface area contributed by atoms with Gasteiger partial charge in [0.1, 0.15) is 6.04 Å². The SMILES string of the molecule is CCc1ccc(-c2ccc(C(=O)N[C@H](C(=O)CCCN(O)C(N)=S)[C@@H](C)O)cc2)cc1. The number of Topliss-reactive ketones (excluding diaryl/α,β-unsaturated/α-hetero) is 1. The Labute approximate surface area is 187 Å². The number of nitrogens with two attached hydrogens (primary N) is 1. The number of hydroxylamine groups is 2. The van der Waals surface area contributed by atoms with Crippen molar-refractivity contribution in [3.63, 3.8) is 0 Å². The molecule has 0 radical (unpaired) electrons. The number of rotatable bonds is 10. The second kappa shape index (κ2) is 11.5. The van der Waals surface area contributed by atoms with E-state index < -0.39 is 18.1 Å². The first-order valence-corrected chi connectivity index (χ1v) is 10.6. The Morgan fingerprint density at radius 1 is 1.10 bits per heavy atom. The van der Waals surface area contributed by atoms with Crippen molar-refractivity contribution in [2.75, 3.05) is 6.54 Å². The minimum atomic E-state index is -1.06. The molecule has 0 bridgehead atoms. The maximum atomic E-state index is 12.6. The maximum absolute atomic E-state index is 12.6. The van der Waals surface area contributed by atoms with Crippen molar-refractivity contribution in [3.8, 4) is 11.1 Å². The van der Waals surface area contributed by atoms with Crippen LogP contribution >= 0.6 is 12.2 Å². The lowest BCUT2D eigenvalue weighted by Crippen LogP contribution is -2.47. The molecule has 166 valence electrons. The van der Waals surface area contributed by atoms with Gasteiger partial charge in [-0.05, 0) is 60.8 Å². The predicted molar refractivity (Wildman–Crippen MR) is 124 cm³/mol. The van der Waals surface area contributed by atoms with Gasteiger partial charge in [-0.1, -0.05) is 43.3 Å². The van der Waals surface area contributed by atoms with Gasteiger partial charge in [0.2, 0.25) is 0 Å². The summed E-state index contributed by atoms with van der Waals surface area (Å²) >= 11 is 4.62. The van der Waals surface area contributed by atoms with Crippen molar-refractivity contribution in [3.05, 3.63) is 59.7 Å². The molecule has 0 saturated carbocycles. The number of nitrogens with one attached hydrogen (secondary N) is 1. The molecule has 0 spiro atoms. The minimum Gasteiger partial charge on any atom is -0.391 e. The largest absolute Gasteiger partial charge is 0.391 e. The van der Waals surface area contributed by atoms with E-state index in [1.165, 1.54) is 12.5 Å². The van der Waals surface area contributed by atoms with Crippen LogP contribution in [0.15, 0.2) is 48.5 Å². The molecular formula is C23H29N3O4S. The van der Waals surface area contributed by atoms with E-state index in [1.54, 1.807) is 12.1 Å². The van der Waals surface area contributed by atoms with E-state index in [1.807, 2.05) is 24.3 Å². The Bertz CT molecular complexity index is 898. The van der Waals surface area contributed by atoms with Crippen molar-refractivity contribution in [1.29, 1.82) is 0 Å². The van der Waals surface area contributed by atoms with Crippen LogP contribution in [0.5, 0.6) is 0 Å². The highest BCUT2D eigenvalue weighted by Crippen LogP contribution is 2.20. The quantitative estimate of drug-likeness (QED) is 0.330. The molecule has 0 aromatic heterocycles. The topological polar surface area (TPSA) is 116 Å². The molecule has 2 rings (SSSR count). The number of hydrogen-bond acceptors (Lipinski definition) is 5. The normalized spacial score (nSPS) is 12.6. The van der Waals surface area contributed by atoms with Crippen molar-refractivity contribution in [2.45, 2.75) is 45.3 Å². The lowest BCUT2D eigenvalue weighted by Gasteiger charge is -2.21. The lowest BCUT2D eigenvalue weighted by atomic mass is 10.0. The molecule has 0 fully saturated rings. The molecule has 0 aliphatic heterocycles. The fourth-order valence-electron chi connectivity index (χ4n) is 3.11. The molecule has 1 amide bonds. The zero-order valence-electron chi connectivity index (χ0n) is 17.7. The van der Waals surface area contributed by atoms with Gasteiger partial charge in [0.25, 0.3) is 5.91 Å². The van der Waals surface area contributed by atoms with Crippen LogP contribution in [0.3, 0.4) is 0 Å². The molecule has 0 saturated heterocycles. The highest BCUT2D eigenvalue weighted by molar-refractivity contribution is 7.80. The number of amides is 1. The first-order chi connectivity index (χ1) is 14.7. The number of aliphatic hydroxyl groups excluding tert-OH is 1. The Hall–Kier alpha value is -2.81. The van der Waals surface area contributed by atoms with Gasteiger partial charge in [0.05, 0.1) is 6.10 Å². The fraction of sp³-hybridized carbons (Fsp3) is 0.348.